The van der Waals surface area contributed by atoms with Gasteiger partial charge in [-0.05, 0) is 39.4 Å². The third-order valence-corrected chi connectivity index (χ3v) is 3.28. The predicted molar refractivity (Wildman–Crippen MR) is 51.7 cm³/mol. The molecular formula is C10H18N2. The quantitative estimate of drug-likeness (QED) is 0.577. The smallest absolute Gasteiger partial charge is 0.0458 e. The molecule has 2 aliphatic heterocycles. The van der Waals surface area contributed by atoms with Gasteiger partial charge in [0.05, 0.1) is 0 Å². The molecule has 0 bridgehead atoms. The summed E-state index contributed by atoms with van der Waals surface area (Å²) in [7, 11) is 0. The first-order chi connectivity index (χ1) is 5.72. The van der Waals surface area contributed by atoms with Crippen LogP contribution in [0.1, 0.15) is 26.7 Å². The topological polar surface area (TPSA) is 15.6 Å². The fraction of sp³-hybridized carbons (Fsp3) is 0.900. The molecule has 0 aromatic heterocycles. The molecule has 1 unspecified atom stereocenters. The lowest BCUT2D eigenvalue weighted by atomic mass is 9.86. The highest BCUT2D eigenvalue weighted by atomic mass is 15.2. The van der Waals surface area contributed by atoms with Crippen LogP contribution in [0.5, 0.6) is 0 Å². The Morgan fingerprint density at radius 2 is 2.33 bits per heavy atom. The molecule has 1 fully saturated rings. The van der Waals surface area contributed by atoms with Gasteiger partial charge < -0.3 is 4.90 Å². The van der Waals surface area contributed by atoms with Gasteiger partial charge >= 0.3 is 0 Å². The summed E-state index contributed by atoms with van der Waals surface area (Å²) in [5.74, 6) is 0. The van der Waals surface area contributed by atoms with Crippen LogP contribution in [0, 0.1) is 5.41 Å². The van der Waals surface area contributed by atoms with Gasteiger partial charge in [-0.2, -0.15) is 0 Å². The van der Waals surface area contributed by atoms with Gasteiger partial charge in [0.1, 0.15) is 0 Å². The van der Waals surface area contributed by atoms with Crippen molar-refractivity contribution in [2.45, 2.75) is 32.7 Å². The third-order valence-electron chi connectivity index (χ3n) is 3.28. The zero-order chi connectivity index (χ0) is 8.60. The van der Waals surface area contributed by atoms with Gasteiger partial charge in [0.2, 0.25) is 0 Å². The van der Waals surface area contributed by atoms with E-state index in [1.54, 1.807) is 0 Å². The van der Waals surface area contributed by atoms with E-state index in [4.69, 9.17) is 0 Å². The molecule has 68 valence electrons. The van der Waals surface area contributed by atoms with E-state index in [2.05, 4.69) is 30.0 Å². The summed E-state index contributed by atoms with van der Waals surface area (Å²) in [6.07, 6.45) is 4.69. The third kappa shape index (κ3) is 1.28. The van der Waals surface area contributed by atoms with E-state index in [0.29, 0.717) is 11.5 Å². The maximum atomic E-state index is 4.36. The Morgan fingerprint density at radius 1 is 1.50 bits per heavy atom. The number of likely N-dealkylation sites (tertiary alicyclic amines) is 1. The number of aliphatic imine (C=N–C) groups is 1. The molecule has 0 amide bonds. The molecule has 1 atom stereocenters. The number of rotatable bonds is 1. The van der Waals surface area contributed by atoms with E-state index >= 15 is 0 Å². The number of hydrogen-bond acceptors (Lipinski definition) is 2. The molecule has 2 rings (SSSR count). The van der Waals surface area contributed by atoms with Gasteiger partial charge in [0, 0.05) is 24.5 Å². The Balaban J connectivity index is 1.97. The zero-order valence-corrected chi connectivity index (χ0v) is 8.08. The van der Waals surface area contributed by atoms with Crippen molar-refractivity contribution in [2.75, 3.05) is 19.6 Å². The lowest BCUT2D eigenvalue weighted by molar-refractivity contribution is 0.236. The first-order valence-corrected chi connectivity index (χ1v) is 4.94. The van der Waals surface area contributed by atoms with Crippen molar-refractivity contribution in [3.05, 3.63) is 0 Å². The molecule has 0 aromatic carbocycles. The lowest BCUT2D eigenvalue weighted by Gasteiger charge is -2.24. The highest BCUT2D eigenvalue weighted by molar-refractivity contribution is 5.61. The maximum Gasteiger partial charge on any atom is 0.0458 e. The van der Waals surface area contributed by atoms with Crippen LogP contribution in [0.25, 0.3) is 0 Å². The van der Waals surface area contributed by atoms with E-state index in [1.165, 1.54) is 25.9 Å². The van der Waals surface area contributed by atoms with Gasteiger partial charge in [0.15, 0.2) is 0 Å². The predicted octanol–water partition coefficient (Wildman–Crippen LogP) is 1.56. The monoisotopic (exact) mass is 166 g/mol. The summed E-state index contributed by atoms with van der Waals surface area (Å²) in [6, 6.07) is 0.713. The minimum atomic E-state index is 0.546. The van der Waals surface area contributed by atoms with Crippen LogP contribution >= 0.6 is 0 Å². The molecule has 0 N–H and O–H groups in total. The largest absolute Gasteiger partial charge is 0.300 e. The fourth-order valence-corrected chi connectivity index (χ4v) is 2.29. The van der Waals surface area contributed by atoms with Gasteiger partial charge in [-0.15, -0.1) is 0 Å². The van der Waals surface area contributed by atoms with Crippen molar-refractivity contribution in [1.82, 2.24) is 4.90 Å². The molecule has 0 aliphatic carbocycles. The van der Waals surface area contributed by atoms with Gasteiger partial charge in [-0.3, -0.25) is 4.99 Å². The summed E-state index contributed by atoms with van der Waals surface area (Å²) in [5, 5.41) is 0. The van der Waals surface area contributed by atoms with Crippen LogP contribution in [0.15, 0.2) is 4.99 Å². The molecule has 0 saturated carbocycles. The molecule has 0 aromatic rings. The van der Waals surface area contributed by atoms with Crippen molar-refractivity contribution < 1.29 is 0 Å². The SMILES string of the molecule is CC(C)N1CCC2(CC=NC2)C1. The number of nitrogens with zero attached hydrogens (tertiary/aromatic N) is 2. The number of hydrogen-bond donors (Lipinski definition) is 0. The standard InChI is InChI=1S/C10H18N2/c1-9(2)12-6-4-10(8-12)3-5-11-7-10/h5,9H,3-4,6-8H2,1-2H3. The Labute approximate surface area is 74.7 Å². The maximum absolute atomic E-state index is 4.36. The second-order valence-corrected chi connectivity index (χ2v) is 4.54. The molecule has 1 spiro atoms. The van der Waals surface area contributed by atoms with Crippen molar-refractivity contribution in [3.63, 3.8) is 0 Å². The average Bonchev–Trinajstić information content (AvgIpc) is 2.62. The minimum absolute atomic E-state index is 0.546. The second-order valence-electron chi connectivity index (χ2n) is 4.54. The van der Waals surface area contributed by atoms with Crippen molar-refractivity contribution in [3.8, 4) is 0 Å². The molecule has 12 heavy (non-hydrogen) atoms. The van der Waals surface area contributed by atoms with Crippen LogP contribution < -0.4 is 0 Å². The Kier molecular flexibility index (Phi) is 1.95. The van der Waals surface area contributed by atoms with E-state index in [9.17, 15) is 0 Å². The Morgan fingerprint density at radius 3 is 2.83 bits per heavy atom. The van der Waals surface area contributed by atoms with E-state index in [1.807, 2.05) is 0 Å². The van der Waals surface area contributed by atoms with Gasteiger partial charge in [-0.25, -0.2) is 0 Å². The van der Waals surface area contributed by atoms with E-state index < -0.39 is 0 Å². The molecule has 2 nitrogen and oxygen atoms in total. The van der Waals surface area contributed by atoms with Crippen LogP contribution in [0.2, 0.25) is 0 Å². The first-order valence-electron chi connectivity index (χ1n) is 4.94. The molecule has 2 heteroatoms. The highest BCUT2D eigenvalue weighted by Gasteiger charge is 2.39. The van der Waals surface area contributed by atoms with Crippen LogP contribution in [0.3, 0.4) is 0 Å². The van der Waals surface area contributed by atoms with Crippen LogP contribution in [-0.2, 0) is 0 Å². The lowest BCUT2D eigenvalue weighted by Crippen LogP contribution is -2.32. The minimum Gasteiger partial charge on any atom is -0.300 e. The summed E-state index contributed by atoms with van der Waals surface area (Å²) in [5.41, 5.74) is 0.546. The Hall–Kier alpha value is -0.370. The summed E-state index contributed by atoms with van der Waals surface area (Å²) < 4.78 is 0. The molecular weight excluding hydrogens is 148 g/mol. The van der Waals surface area contributed by atoms with Crippen LogP contribution in [-0.4, -0.2) is 36.8 Å². The molecule has 2 heterocycles. The highest BCUT2D eigenvalue weighted by Crippen LogP contribution is 2.37. The van der Waals surface area contributed by atoms with E-state index in [-0.39, 0.29) is 0 Å². The first kappa shape index (κ1) is 8.24. The average molecular weight is 166 g/mol. The van der Waals surface area contributed by atoms with Gasteiger partial charge in [0.25, 0.3) is 0 Å². The summed E-state index contributed by atoms with van der Waals surface area (Å²) >= 11 is 0. The van der Waals surface area contributed by atoms with Gasteiger partial charge in [-0.1, -0.05) is 0 Å². The fourth-order valence-electron chi connectivity index (χ4n) is 2.29. The summed E-state index contributed by atoms with van der Waals surface area (Å²) in [6.45, 7) is 8.20. The molecule has 2 aliphatic rings. The zero-order valence-electron chi connectivity index (χ0n) is 8.08. The second kappa shape index (κ2) is 2.84. The molecule has 1 saturated heterocycles. The van der Waals surface area contributed by atoms with E-state index in [0.717, 1.165) is 6.54 Å². The van der Waals surface area contributed by atoms with Crippen molar-refractivity contribution in [2.24, 2.45) is 10.4 Å². The van der Waals surface area contributed by atoms with Crippen LogP contribution in [0.4, 0.5) is 0 Å². The van der Waals surface area contributed by atoms with Crippen molar-refractivity contribution in [1.29, 1.82) is 0 Å². The normalized spacial score (nSPS) is 35.9. The Bertz CT molecular complexity index is 188. The molecule has 0 radical (unpaired) electrons. The summed E-state index contributed by atoms with van der Waals surface area (Å²) in [4.78, 5) is 6.94. The van der Waals surface area contributed by atoms with Crippen molar-refractivity contribution >= 4 is 6.21 Å².